The molecule has 3 aromatic rings. The number of amides is 1. The summed E-state index contributed by atoms with van der Waals surface area (Å²) in [5.41, 5.74) is 1.74. The van der Waals surface area contributed by atoms with Crippen LogP contribution in [0.4, 0.5) is 0 Å². The van der Waals surface area contributed by atoms with Gasteiger partial charge in [-0.3, -0.25) is 4.79 Å². The Labute approximate surface area is 171 Å². The minimum absolute atomic E-state index is 0.0990. The van der Waals surface area contributed by atoms with Crippen LogP contribution < -0.4 is 9.46 Å². The molecule has 0 spiro atoms. The van der Waals surface area contributed by atoms with Crippen molar-refractivity contribution in [2.45, 2.75) is 23.7 Å². The lowest BCUT2D eigenvalue weighted by Crippen LogP contribution is -2.34. The quantitative estimate of drug-likeness (QED) is 0.635. The summed E-state index contributed by atoms with van der Waals surface area (Å²) in [6.07, 6.45) is 1.19. The highest BCUT2D eigenvalue weighted by molar-refractivity contribution is 9.10. The molecule has 1 amide bonds. The molecule has 1 aliphatic rings. The van der Waals surface area contributed by atoms with Crippen LogP contribution in [-0.2, 0) is 21.2 Å². The second-order valence-corrected chi connectivity index (χ2v) is 9.19. The van der Waals surface area contributed by atoms with Gasteiger partial charge in [-0.25, -0.2) is 13.1 Å². The first-order valence-corrected chi connectivity index (χ1v) is 11.1. The molecule has 1 atom stereocenters. The molecule has 0 bridgehead atoms. The summed E-state index contributed by atoms with van der Waals surface area (Å²) in [7, 11) is -2.42. The zero-order valence-corrected chi connectivity index (χ0v) is 17.5. The largest absolute Gasteiger partial charge is 0.496 e. The molecule has 0 heterocycles. The Kier molecular flexibility index (Phi) is 4.89. The summed E-state index contributed by atoms with van der Waals surface area (Å²) in [5.74, 6) is -0.365. The van der Waals surface area contributed by atoms with Gasteiger partial charge in [-0.05, 0) is 47.6 Å². The van der Waals surface area contributed by atoms with Crippen molar-refractivity contribution in [3.05, 3.63) is 70.2 Å². The number of rotatable bonds is 4. The maximum absolute atomic E-state index is 13.0. The molecule has 0 fully saturated rings. The number of hydrogen-bond acceptors (Lipinski definition) is 4. The number of carbonyl (C=O) groups is 1. The van der Waals surface area contributed by atoms with Gasteiger partial charge in [-0.15, -0.1) is 0 Å². The van der Waals surface area contributed by atoms with Crippen LogP contribution in [0.3, 0.4) is 0 Å². The van der Waals surface area contributed by atoms with Crippen molar-refractivity contribution in [3.8, 4) is 5.75 Å². The van der Waals surface area contributed by atoms with E-state index >= 15 is 0 Å². The van der Waals surface area contributed by atoms with E-state index in [0.29, 0.717) is 24.0 Å². The fraction of sp³-hybridized carbons (Fsp3) is 0.190. The van der Waals surface area contributed by atoms with Gasteiger partial charge in [-0.1, -0.05) is 52.3 Å². The van der Waals surface area contributed by atoms with E-state index in [1.165, 1.54) is 6.07 Å². The summed E-state index contributed by atoms with van der Waals surface area (Å²) >= 11 is 3.49. The molecular weight excluding hydrogens is 442 g/mol. The summed E-state index contributed by atoms with van der Waals surface area (Å²) < 4.78 is 34.4. The topological polar surface area (TPSA) is 72.5 Å². The molecule has 144 valence electrons. The van der Waals surface area contributed by atoms with Gasteiger partial charge in [-0.2, -0.15) is 0 Å². The monoisotopic (exact) mass is 459 g/mol. The maximum atomic E-state index is 13.0. The third-order valence-corrected chi connectivity index (χ3v) is 7.20. The third kappa shape index (κ3) is 3.18. The zero-order chi connectivity index (χ0) is 19.9. The van der Waals surface area contributed by atoms with Crippen LogP contribution >= 0.6 is 15.9 Å². The van der Waals surface area contributed by atoms with Gasteiger partial charge in [0, 0.05) is 9.86 Å². The Morgan fingerprint density at radius 1 is 1.11 bits per heavy atom. The number of methoxy groups -OCH3 is 1. The van der Waals surface area contributed by atoms with E-state index in [0.717, 1.165) is 21.0 Å². The van der Waals surface area contributed by atoms with Gasteiger partial charge < -0.3 is 4.74 Å². The standard InChI is InChI=1S/C21H18BrNO4S/c1-27-18-12-11-17(22)20-15(18)9-10-16(20)21(24)23-28(25,26)19-8-4-6-13-5-2-3-7-14(13)19/h2-8,11-12,16H,9-10H2,1H3,(H,23,24)/t16-/m0/s1. The first kappa shape index (κ1) is 19.0. The van der Waals surface area contributed by atoms with Crippen molar-refractivity contribution in [2.24, 2.45) is 0 Å². The fourth-order valence-electron chi connectivity index (χ4n) is 3.83. The number of ether oxygens (including phenoxy) is 1. The third-order valence-electron chi connectivity index (χ3n) is 5.10. The van der Waals surface area contributed by atoms with E-state index in [9.17, 15) is 13.2 Å². The van der Waals surface area contributed by atoms with Crippen molar-refractivity contribution >= 4 is 42.6 Å². The molecule has 5 nitrogen and oxygen atoms in total. The molecule has 0 saturated carbocycles. The molecule has 7 heteroatoms. The van der Waals surface area contributed by atoms with Crippen molar-refractivity contribution in [1.29, 1.82) is 0 Å². The van der Waals surface area contributed by atoms with Crippen molar-refractivity contribution in [1.82, 2.24) is 4.72 Å². The van der Waals surface area contributed by atoms with Crippen LogP contribution in [0, 0.1) is 0 Å². The fourth-order valence-corrected chi connectivity index (χ4v) is 5.72. The molecule has 0 aromatic heterocycles. The van der Waals surface area contributed by atoms with E-state index in [1.54, 1.807) is 25.3 Å². The molecule has 28 heavy (non-hydrogen) atoms. The van der Waals surface area contributed by atoms with Crippen LogP contribution in [0.15, 0.2) is 64.0 Å². The molecule has 0 unspecified atom stereocenters. The molecule has 4 rings (SSSR count). The summed E-state index contributed by atoms with van der Waals surface area (Å²) in [4.78, 5) is 13.0. The van der Waals surface area contributed by atoms with Crippen LogP contribution in [-0.4, -0.2) is 21.4 Å². The van der Waals surface area contributed by atoms with Gasteiger partial charge in [0.05, 0.1) is 17.9 Å². The predicted octanol–water partition coefficient (Wildman–Crippen LogP) is 4.15. The number of fused-ring (bicyclic) bond motifs is 2. The van der Waals surface area contributed by atoms with Gasteiger partial charge in [0.1, 0.15) is 5.75 Å². The Hall–Kier alpha value is -2.38. The van der Waals surface area contributed by atoms with Crippen LogP contribution in [0.1, 0.15) is 23.5 Å². The minimum atomic E-state index is -4.00. The second-order valence-electron chi connectivity index (χ2n) is 6.68. The number of hydrogen-bond donors (Lipinski definition) is 1. The zero-order valence-electron chi connectivity index (χ0n) is 15.1. The minimum Gasteiger partial charge on any atom is -0.496 e. The van der Waals surface area contributed by atoms with Crippen LogP contribution in [0.25, 0.3) is 10.8 Å². The highest BCUT2D eigenvalue weighted by Crippen LogP contribution is 2.43. The molecule has 1 N–H and O–H groups in total. The Morgan fingerprint density at radius 2 is 1.86 bits per heavy atom. The second kappa shape index (κ2) is 7.22. The van der Waals surface area contributed by atoms with E-state index < -0.39 is 21.8 Å². The van der Waals surface area contributed by atoms with Gasteiger partial charge in [0.25, 0.3) is 10.0 Å². The Balaban J connectivity index is 1.69. The molecular formula is C21H18BrNO4S. The number of sulfonamides is 1. The van der Waals surface area contributed by atoms with E-state index in [4.69, 9.17) is 4.74 Å². The van der Waals surface area contributed by atoms with Gasteiger partial charge in [0.15, 0.2) is 0 Å². The number of nitrogens with one attached hydrogen (secondary N) is 1. The lowest BCUT2D eigenvalue weighted by molar-refractivity contribution is -0.120. The Bertz CT molecular complexity index is 1180. The molecule has 0 aliphatic heterocycles. The average Bonchev–Trinajstić information content (AvgIpc) is 3.14. The smallest absolute Gasteiger partial charge is 0.264 e. The molecule has 0 radical (unpaired) electrons. The summed E-state index contributed by atoms with van der Waals surface area (Å²) in [5, 5.41) is 1.39. The van der Waals surface area contributed by atoms with E-state index in [-0.39, 0.29) is 4.90 Å². The van der Waals surface area contributed by atoms with Gasteiger partial charge >= 0.3 is 0 Å². The first-order chi connectivity index (χ1) is 13.4. The number of carbonyl (C=O) groups excluding carboxylic acids is 1. The lowest BCUT2D eigenvalue weighted by atomic mass is 10.0. The lowest BCUT2D eigenvalue weighted by Gasteiger charge is -2.16. The number of halogens is 1. The highest BCUT2D eigenvalue weighted by Gasteiger charge is 2.35. The molecule has 1 aliphatic carbocycles. The molecule has 0 saturated heterocycles. The normalized spacial score (nSPS) is 16.0. The SMILES string of the molecule is COc1ccc(Br)c2c1CC[C@@H]2C(=O)NS(=O)(=O)c1cccc2ccccc12. The van der Waals surface area contributed by atoms with E-state index in [1.807, 2.05) is 30.3 Å². The van der Waals surface area contributed by atoms with Crippen molar-refractivity contribution < 1.29 is 17.9 Å². The molecule has 3 aromatic carbocycles. The predicted molar refractivity (Wildman–Crippen MR) is 111 cm³/mol. The number of benzene rings is 3. The summed E-state index contributed by atoms with van der Waals surface area (Å²) in [6, 6.07) is 15.9. The first-order valence-electron chi connectivity index (χ1n) is 8.82. The average molecular weight is 460 g/mol. The van der Waals surface area contributed by atoms with Crippen molar-refractivity contribution in [3.63, 3.8) is 0 Å². The highest BCUT2D eigenvalue weighted by atomic mass is 79.9. The van der Waals surface area contributed by atoms with Crippen LogP contribution in [0.5, 0.6) is 5.75 Å². The van der Waals surface area contributed by atoms with E-state index in [2.05, 4.69) is 20.7 Å². The van der Waals surface area contributed by atoms with Crippen molar-refractivity contribution in [2.75, 3.05) is 7.11 Å². The van der Waals surface area contributed by atoms with Gasteiger partial charge in [0.2, 0.25) is 5.91 Å². The summed E-state index contributed by atoms with van der Waals surface area (Å²) in [6.45, 7) is 0. The maximum Gasteiger partial charge on any atom is 0.264 e. The van der Waals surface area contributed by atoms with Crippen LogP contribution in [0.2, 0.25) is 0 Å². The Morgan fingerprint density at radius 3 is 2.64 bits per heavy atom.